The van der Waals surface area contributed by atoms with Crippen molar-refractivity contribution in [2.75, 3.05) is 13.1 Å². The van der Waals surface area contributed by atoms with Crippen LogP contribution >= 0.6 is 0 Å². The number of rotatable bonds is 5. The lowest BCUT2D eigenvalue weighted by atomic mass is 9.52. The van der Waals surface area contributed by atoms with Crippen LogP contribution in [-0.4, -0.2) is 47.6 Å². The number of hydrogen-bond acceptors (Lipinski definition) is 4. The van der Waals surface area contributed by atoms with Gasteiger partial charge in [0.05, 0.1) is 11.1 Å². The predicted octanol–water partition coefficient (Wildman–Crippen LogP) is 5.65. The van der Waals surface area contributed by atoms with Crippen molar-refractivity contribution < 1.29 is 22.0 Å². The molecule has 4 heterocycles. The van der Waals surface area contributed by atoms with Gasteiger partial charge in [-0.25, -0.2) is 13.6 Å². The lowest BCUT2D eigenvalue weighted by molar-refractivity contribution is -0.136. The first-order chi connectivity index (χ1) is 19.8. The highest BCUT2D eigenvalue weighted by atomic mass is 19.4. The molecule has 7 nitrogen and oxygen atoms in total. The van der Waals surface area contributed by atoms with Gasteiger partial charge in [0.2, 0.25) is 0 Å². The number of halogens is 5. The standard InChI is InChI=1S/C30H33F5N6O/c1-19-12-39(9-8-29(19,31)32)13-20-10-23(30(33,34)35)24-15-40(26(42)41(24)14-20)22-5-3-4-21(11-22)28(16-27(17-28)6-7-27)25-37-36-18-38(25)2/h3-5,10,14-15,18-19,21H,6-9,11-13,16-17H2,1-2H3. The number of fused-ring (bicyclic) bond motifs is 1. The maximum Gasteiger partial charge on any atom is 0.418 e. The minimum Gasteiger partial charge on any atom is -0.320 e. The topological polar surface area (TPSA) is 60.4 Å². The average Bonchev–Trinajstić information content (AvgIpc) is 3.48. The molecule has 1 spiro atoms. The Bertz CT molecular complexity index is 1660. The fraction of sp³-hybridized carbons (Fsp3) is 0.567. The van der Waals surface area contributed by atoms with E-state index >= 15 is 0 Å². The van der Waals surface area contributed by atoms with Crippen molar-refractivity contribution in [1.29, 1.82) is 0 Å². The Kier molecular flexibility index (Phi) is 5.97. The molecule has 0 aromatic carbocycles. The van der Waals surface area contributed by atoms with Crippen LogP contribution in [0.2, 0.25) is 0 Å². The van der Waals surface area contributed by atoms with E-state index in [4.69, 9.17) is 0 Å². The molecule has 0 radical (unpaired) electrons. The van der Waals surface area contributed by atoms with Crippen molar-refractivity contribution in [1.82, 2.24) is 28.6 Å². The molecular weight excluding hydrogens is 555 g/mol. The van der Waals surface area contributed by atoms with E-state index in [1.165, 1.54) is 36.7 Å². The van der Waals surface area contributed by atoms with E-state index in [0.29, 0.717) is 17.5 Å². The van der Waals surface area contributed by atoms with Crippen LogP contribution in [0.5, 0.6) is 0 Å². The molecule has 4 aliphatic rings. The number of pyridine rings is 1. The first-order valence-electron chi connectivity index (χ1n) is 14.5. The van der Waals surface area contributed by atoms with Gasteiger partial charge in [-0.2, -0.15) is 13.2 Å². The highest BCUT2D eigenvalue weighted by Crippen LogP contribution is 2.71. The van der Waals surface area contributed by atoms with Gasteiger partial charge >= 0.3 is 11.9 Å². The Morgan fingerprint density at radius 2 is 1.88 bits per heavy atom. The molecule has 42 heavy (non-hydrogen) atoms. The van der Waals surface area contributed by atoms with E-state index in [1.54, 1.807) is 17.3 Å². The molecule has 0 bridgehead atoms. The zero-order valence-corrected chi connectivity index (χ0v) is 23.5. The zero-order valence-electron chi connectivity index (χ0n) is 23.5. The SMILES string of the molecule is CC1CN(Cc2cc(C(F)(F)F)c3cn(C4=CC=CC(C5(c6nncn6C)CC6(CC6)C5)C4)c(=O)n3c2)CCC1(F)F. The normalized spacial score (nSPS) is 26.4. The Hall–Kier alpha value is -3.28. The highest BCUT2D eigenvalue weighted by molar-refractivity contribution is 5.61. The van der Waals surface area contributed by atoms with Crippen LogP contribution in [-0.2, 0) is 25.2 Å². The number of likely N-dealkylation sites (tertiary alicyclic amines) is 1. The van der Waals surface area contributed by atoms with Gasteiger partial charge in [-0.05, 0) is 61.1 Å². The lowest BCUT2D eigenvalue weighted by Crippen LogP contribution is -2.50. The molecular formula is C30H33F5N6O. The molecule has 1 saturated heterocycles. The predicted molar refractivity (Wildman–Crippen MR) is 146 cm³/mol. The fourth-order valence-corrected chi connectivity index (χ4v) is 7.69. The number of aromatic nitrogens is 5. The van der Waals surface area contributed by atoms with Gasteiger partial charge in [0.1, 0.15) is 12.2 Å². The Balaban J connectivity index is 1.22. The third kappa shape index (κ3) is 4.36. The van der Waals surface area contributed by atoms with E-state index in [1.807, 2.05) is 17.7 Å². The van der Waals surface area contributed by atoms with Crippen LogP contribution < -0.4 is 5.69 Å². The summed E-state index contributed by atoms with van der Waals surface area (Å²) in [5, 5.41) is 8.57. The first-order valence-corrected chi connectivity index (χ1v) is 14.5. The second-order valence-electron chi connectivity index (χ2n) is 13.1. The highest BCUT2D eigenvalue weighted by Gasteiger charge is 2.65. The molecule has 224 valence electrons. The Morgan fingerprint density at radius 1 is 1.12 bits per heavy atom. The Labute approximate surface area is 239 Å². The summed E-state index contributed by atoms with van der Waals surface area (Å²) in [5.41, 5.74) is -0.749. The summed E-state index contributed by atoms with van der Waals surface area (Å²) in [5.74, 6) is -2.79. The smallest absolute Gasteiger partial charge is 0.320 e. The molecule has 0 amide bonds. The number of aryl methyl sites for hydroxylation is 1. The molecule has 2 unspecified atom stereocenters. The molecule has 3 aliphatic carbocycles. The number of nitrogens with zero attached hydrogens (tertiary/aromatic N) is 6. The maximum atomic E-state index is 14.3. The van der Waals surface area contributed by atoms with E-state index < -0.39 is 29.3 Å². The van der Waals surface area contributed by atoms with Crippen molar-refractivity contribution in [2.45, 2.75) is 69.5 Å². The second-order valence-corrected chi connectivity index (χ2v) is 13.1. The average molecular weight is 589 g/mol. The van der Waals surface area contributed by atoms with E-state index in [9.17, 15) is 26.7 Å². The quantitative estimate of drug-likeness (QED) is 0.362. The second kappa shape index (κ2) is 9.11. The molecule has 0 N–H and O–H groups in total. The van der Waals surface area contributed by atoms with Gasteiger partial charge in [-0.3, -0.25) is 13.9 Å². The molecule has 1 aliphatic heterocycles. The minimum absolute atomic E-state index is 0.0124. The van der Waals surface area contributed by atoms with Gasteiger partial charge in [0, 0.05) is 62.5 Å². The van der Waals surface area contributed by atoms with E-state index in [0.717, 1.165) is 29.1 Å². The van der Waals surface area contributed by atoms with Gasteiger partial charge in [0.25, 0.3) is 5.92 Å². The van der Waals surface area contributed by atoms with Crippen molar-refractivity contribution in [3.63, 3.8) is 0 Å². The van der Waals surface area contributed by atoms with E-state index in [-0.39, 0.29) is 48.5 Å². The summed E-state index contributed by atoms with van der Waals surface area (Å²) in [6, 6.07) is 1.04. The summed E-state index contributed by atoms with van der Waals surface area (Å²) in [7, 11) is 1.93. The third-order valence-corrected chi connectivity index (χ3v) is 10.1. The molecule has 3 aromatic rings. The summed E-state index contributed by atoms with van der Waals surface area (Å²) in [6.07, 6.45) is 9.94. The number of alkyl halides is 5. The fourth-order valence-electron chi connectivity index (χ4n) is 7.69. The van der Waals surface area contributed by atoms with Gasteiger partial charge in [0.15, 0.2) is 0 Å². The minimum atomic E-state index is -4.70. The van der Waals surface area contributed by atoms with Crippen LogP contribution in [0.25, 0.3) is 11.2 Å². The van der Waals surface area contributed by atoms with Crippen LogP contribution in [0.1, 0.15) is 62.4 Å². The molecule has 12 heteroatoms. The number of imidazole rings is 1. The van der Waals surface area contributed by atoms with Crippen molar-refractivity contribution >= 4 is 11.2 Å². The molecule has 3 fully saturated rings. The third-order valence-electron chi connectivity index (χ3n) is 10.1. The Morgan fingerprint density at radius 3 is 2.52 bits per heavy atom. The maximum absolute atomic E-state index is 14.3. The van der Waals surface area contributed by atoms with Crippen molar-refractivity contribution in [2.24, 2.45) is 24.3 Å². The van der Waals surface area contributed by atoms with Crippen molar-refractivity contribution in [3.05, 3.63) is 70.5 Å². The number of hydrogen-bond donors (Lipinski definition) is 0. The van der Waals surface area contributed by atoms with Gasteiger partial charge < -0.3 is 4.57 Å². The molecule has 2 atom stereocenters. The first kappa shape index (κ1) is 27.5. The van der Waals surface area contributed by atoms with Crippen LogP contribution in [0, 0.1) is 17.3 Å². The summed E-state index contributed by atoms with van der Waals surface area (Å²) in [4.78, 5) is 15.4. The van der Waals surface area contributed by atoms with E-state index in [2.05, 4.69) is 16.3 Å². The molecule has 3 aromatic heterocycles. The van der Waals surface area contributed by atoms with Gasteiger partial charge in [-0.1, -0.05) is 19.1 Å². The monoisotopic (exact) mass is 588 g/mol. The largest absolute Gasteiger partial charge is 0.418 e. The summed E-state index contributed by atoms with van der Waals surface area (Å²) in [6.45, 7) is 1.63. The van der Waals surface area contributed by atoms with Crippen LogP contribution in [0.15, 0.2) is 47.8 Å². The number of allylic oxidation sites excluding steroid dienone is 4. The molecule has 7 rings (SSSR count). The lowest BCUT2D eigenvalue weighted by Gasteiger charge is -2.52. The summed E-state index contributed by atoms with van der Waals surface area (Å²) < 4.78 is 75.2. The summed E-state index contributed by atoms with van der Waals surface area (Å²) >= 11 is 0. The van der Waals surface area contributed by atoms with Gasteiger partial charge in [-0.15, -0.1) is 10.2 Å². The zero-order chi connectivity index (χ0) is 29.7. The van der Waals surface area contributed by atoms with Crippen LogP contribution in [0.3, 0.4) is 0 Å². The number of piperidine rings is 1. The molecule has 2 saturated carbocycles. The van der Waals surface area contributed by atoms with Crippen molar-refractivity contribution in [3.8, 4) is 0 Å². The van der Waals surface area contributed by atoms with Crippen LogP contribution in [0.4, 0.5) is 22.0 Å².